The van der Waals surface area contributed by atoms with E-state index in [2.05, 4.69) is 0 Å². The molecule has 2 fully saturated rings. The fraction of sp³-hybridized carbons (Fsp3) is 0.643. The molecule has 0 spiro atoms. The van der Waals surface area contributed by atoms with Crippen LogP contribution in [-0.2, 0) is 11.8 Å². The van der Waals surface area contributed by atoms with E-state index in [-0.39, 0.29) is 5.97 Å². The summed E-state index contributed by atoms with van der Waals surface area (Å²) in [6.45, 7) is 0.574. The number of nitrogen functional groups attached to an aromatic ring is 1. The predicted molar refractivity (Wildman–Crippen MR) is 69.0 cm³/mol. The fourth-order valence-corrected chi connectivity index (χ4v) is 3.63. The summed E-state index contributed by atoms with van der Waals surface area (Å²) in [5, 5.41) is 0. The number of ether oxygens (including phenoxy) is 1. The maximum atomic E-state index is 11.9. The third-order valence-corrected chi connectivity index (χ3v) is 4.55. The highest BCUT2D eigenvalue weighted by molar-refractivity contribution is 5.89. The molecule has 2 aliphatic rings. The van der Waals surface area contributed by atoms with Gasteiger partial charge in [-0.1, -0.05) is 6.42 Å². The Morgan fingerprint density at radius 1 is 1.50 bits per heavy atom. The van der Waals surface area contributed by atoms with Crippen molar-refractivity contribution in [2.24, 2.45) is 24.8 Å². The molecular weight excluding hydrogens is 228 g/mol. The van der Waals surface area contributed by atoms with E-state index < -0.39 is 0 Å². The molecule has 18 heavy (non-hydrogen) atoms. The van der Waals surface area contributed by atoms with Crippen molar-refractivity contribution >= 4 is 11.7 Å². The van der Waals surface area contributed by atoms with Crippen LogP contribution in [-0.4, -0.2) is 17.1 Å². The monoisotopic (exact) mass is 248 g/mol. The molecule has 0 aromatic carbocycles. The molecule has 3 rings (SSSR count). The first-order valence-corrected chi connectivity index (χ1v) is 6.72. The Morgan fingerprint density at radius 2 is 2.33 bits per heavy atom. The van der Waals surface area contributed by atoms with Crippen molar-refractivity contribution in [3.8, 4) is 0 Å². The summed E-state index contributed by atoms with van der Waals surface area (Å²) >= 11 is 0. The molecule has 2 bridgehead atoms. The van der Waals surface area contributed by atoms with Crippen LogP contribution in [0.15, 0.2) is 12.3 Å². The molecule has 1 aromatic heterocycles. The van der Waals surface area contributed by atoms with Crippen LogP contribution >= 0.6 is 0 Å². The first-order chi connectivity index (χ1) is 8.63. The molecule has 0 amide bonds. The lowest BCUT2D eigenvalue weighted by Gasteiger charge is -2.21. The quantitative estimate of drug-likeness (QED) is 0.834. The van der Waals surface area contributed by atoms with Gasteiger partial charge in [0, 0.05) is 13.2 Å². The molecule has 0 radical (unpaired) electrons. The van der Waals surface area contributed by atoms with Gasteiger partial charge >= 0.3 is 5.97 Å². The van der Waals surface area contributed by atoms with Gasteiger partial charge < -0.3 is 15.0 Å². The number of nitrogens with two attached hydrogens (primary N) is 1. The van der Waals surface area contributed by atoms with Crippen LogP contribution in [0.5, 0.6) is 0 Å². The van der Waals surface area contributed by atoms with Gasteiger partial charge in [0.1, 0.15) is 5.69 Å². The lowest BCUT2D eigenvalue weighted by molar-refractivity contribution is 0.0383. The molecule has 0 aliphatic heterocycles. The number of carbonyl (C=O) groups is 1. The number of hydrogen-bond acceptors (Lipinski definition) is 3. The Bertz CT molecular complexity index is 466. The average molecular weight is 248 g/mol. The highest BCUT2D eigenvalue weighted by Crippen LogP contribution is 2.48. The molecular formula is C14H20N2O2. The fourth-order valence-electron chi connectivity index (χ4n) is 3.63. The number of aryl methyl sites for hydroxylation is 1. The van der Waals surface area contributed by atoms with E-state index in [1.165, 1.54) is 25.7 Å². The van der Waals surface area contributed by atoms with Crippen molar-refractivity contribution in [3.05, 3.63) is 18.0 Å². The van der Waals surface area contributed by atoms with Crippen molar-refractivity contribution in [2.75, 3.05) is 12.3 Å². The van der Waals surface area contributed by atoms with E-state index in [4.69, 9.17) is 10.5 Å². The molecule has 1 aromatic rings. The van der Waals surface area contributed by atoms with Crippen LogP contribution in [0.4, 0.5) is 5.69 Å². The van der Waals surface area contributed by atoms with Gasteiger partial charge in [0.15, 0.2) is 0 Å². The summed E-state index contributed by atoms with van der Waals surface area (Å²) in [5.41, 5.74) is 6.80. The Labute approximate surface area is 107 Å². The zero-order valence-electron chi connectivity index (χ0n) is 10.8. The van der Waals surface area contributed by atoms with Crippen molar-refractivity contribution in [1.29, 1.82) is 0 Å². The summed E-state index contributed by atoms with van der Waals surface area (Å²) in [6, 6.07) is 1.67. The van der Waals surface area contributed by atoms with Gasteiger partial charge in [0.05, 0.1) is 12.3 Å². The van der Waals surface area contributed by atoms with E-state index in [9.17, 15) is 4.79 Å². The summed E-state index contributed by atoms with van der Waals surface area (Å²) in [7, 11) is 1.81. The molecule has 2 aliphatic carbocycles. The number of anilines is 1. The molecule has 1 heterocycles. The lowest BCUT2D eigenvalue weighted by atomic mass is 9.90. The summed E-state index contributed by atoms with van der Waals surface area (Å²) in [4.78, 5) is 11.9. The van der Waals surface area contributed by atoms with Crippen LogP contribution in [0.1, 0.15) is 36.2 Å². The second-order valence-corrected chi connectivity index (χ2v) is 5.80. The third kappa shape index (κ3) is 2.00. The molecule has 3 atom stereocenters. The Morgan fingerprint density at radius 3 is 2.89 bits per heavy atom. The minimum absolute atomic E-state index is 0.253. The number of nitrogens with zero attached hydrogens (tertiary/aromatic N) is 1. The minimum Gasteiger partial charge on any atom is -0.461 e. The number of hydrogen-bond donors (Lipinski definition) is 1. The van der Waals surface area contributed by atoms with E-state index >= 15 is 0 Å². The highest BCUT2D eigenvalue weighted by atomic mass is 16.5. The van der Waals surface area contributed by atoms with Crippen molar-refractivity contribution in [3.63, 3.8) is 0 Å². The molecule has 3 unspecified atom stereocenters. The van der Waals surface area contributed by atoms with Crippen LogP contribution < -0.4 is 5.73 Å². The standard InChI is InChI=1S/C14H20N2O2/c1-16-7-12(15)6-13(16)14(17)18-8-11-5-9-2-3-10(11)4-9/h6-7,9-11H,2-5,8,15H2,1H3. The topological polar surface area (TPSA) is 57.2 Å². The maximum absolute atomic E-state index is 11.9. The zero-order valence-corrected chi connectivity index (χ0v) is 10.8. The normalized spacial score (nSPS) is 29.7. The SMILES string of the molecule is Cn1cc(N)cc1C(=O)OCC1CC2CCC1C2. The largest absolute Gasteiger partial charge is 0.461 e. The van der Waals surface area contributed by atoms with E-state index in [1.807, 2.05) is 7.05 Å². The van der Waals surface area contributed by atoms with E-state index in [1.54, 1.807) is 16.8 Å². The number of aromatic nitrogens is 1. The molecule has 2 N–H and O–H groups in total. The first kappa shape index (κ1) is 11.6. The van der Waals surface area contributed by atoms with Gasteiger partial charge in [-0.05, 0) is 43.1 Å². The molecule has 4 nitrogen and oxygen atoms in total. The molecule has 98 valence electrons. The van der Waals surface area contributed by atoms with E-state index in [0.717, 1.165) is 11.8 Å². The Balaban J connectivity index is 1.57. The van der Waals surface area contributed by atoms with Gasteiger partial charge in [-0.3, -0.25) is 0 Å². The Kier molecular flexibility index (Phi) is 2.80. The number of fused-ring (bicyclic) bond motifs is 2. The number of rotatable bonds is 3. The van der Waals surface area contributed by atoms with Crippen LogP contribution in [0.2, 0.25) is 0 Å². The maximum Gasteiger partial charge on any atom is 0.355 e. The smallest absolute Gasteiger partial charge is 0.355 e. The zero-order chi connectivity index (χ0) is 12.7. The predicted octanol–water partition coefficient (Wildman–Crippen LogP) is 2.20. The van der Waals surface area contributed by atoms with Crippen molar-refractivity contribution in [1.82, 2.24) is 4.57 Å². The van der Waals surface area contributed by atoms with Gasteiger partial charge in [0.25, 0.3) is 0 Å². The Hall–Kier alpha value is -1.45. The van der Waals surface area contributed by atoms with Crippen molar-refractivity contribution in [2.45, 2.75) is 25.7 Å². The average Bonchev–Trinajstić information content (AvgIpc) is 3.01. The molecule has 0 saturated heterocycles. The summed E-state index contributed by atoms with van der Waals surface area (Å²) in [5.74, 6) is 2.02. The van der Waals surface area contributed by atoms with Crippen LogP contribution in [0.3, 0.4) is 0 Å². The molecule has 2 saturated carbocycles. The first-order valence-electron chi connectivity index (χ1n) is 6.72. The second-order valence-electron chi connectivity index (χ2n) is 5.80. The summed E-state index contributed by atoms with van der Waals surface area (Å²) in [6.07, 6.45) is 7.02. The molecule has 4 heteroatoms. The number of carbonyl (C=O) groups excluding carboxylic acids is 1. The van der Waals surface area contributed by atoms with Crippen LogP contribution in [0, 0.1) is 17.8 Å². The lowest BCUT2D eigenvalue weighted by Crippen LogP contribution is -2.20. The minimum atomic E-state index is -0.253. The van der Waals surface area contributed by atoms with Gasteiger partial charge in [-0.15, -0.1) is 0 Å². The second kappa shape index (κ2) is 4.34. The van der Waals surface area contributed by atoms with Crippen molar-refractivity contribution < 1.29 is 9.53 Å². The number of esters is 1. The highest BCUT2D eigenvalue weighted by Gasteiger charge is 2.39. The van der Waals surface area contributed by atoms with E-state index in [0.29, 0.717) is 23.9 Å². The van der Waals surface area contributed by atoms with Gasteiger partial charge in [-0.25, -0.2) is 4.79 Å². The van der Waals surface area contributed by atoms with Gasteiger partial charge in [0.2, 0.25) is 0 Å². The third-order valence-electron chi connectivity index (χ3n) is 4.55. The summed E-state index contributed by atoms with van der Waals surface area (Å²) < 4.78 is 7.16. The van der Waals surface area contributed by atoms with Crippen LogP contribution in [0.25, 0.3) is 0 Å². The van der Waals surface area contributed by atoms with Gasteiger partial charge in [-0.2, -0.15) is 0 Å².